The fourth-order valence-corrected chi connectivity index (χ4v) is 1.75. The molecule has 0 unspecified atom stereocenters. The Kier molecular flexibility index (Phi) is 3.72. The fraction of sp³-hybridized carbons (Fsp3) is 0.308. The summed E-state index contributed by atoms with van der Waals surface area (Å²) in [4.78, 5) is 10.4. The number of aromatic nitrogens is 3. The summed E-state index contributed by atoms with van der Waals surface area (Å²) in [5, 5.41) is 7.49. The van der Waals surface area contributed by atoms with E-state index in [-0.39, 0.29) is 0 Å². The van der Waals surface area contributed by atoms with Gasteiger partial charge in [-0.05, 0) is 37.1 Å². The number of carbonyl (C=O) groups excluding carboxylic acids is 1. The van der Waals surface area contributed by atoms with Crippen LogP contribution in [0.2, 0.25) is 0 Å². The van der Waals surface area contributed by atoms with Crippen LogP contribution in [0.15, 0.2) is 24.4 Å². The van der Waals surface area contributed by atoms with Crippen LogP contribution in [0.3, 0.4) is 0 Å². The molecule has 0 spiro atoms. The number of ether oxygens (including phenoxy) is 1. The van der Waals surface area contributed by atoms with Crippen molar-refractivity contribution in [3.05, 3.63) is 41.2 Å². The molecule has 5 heteroatoms. The number of nitrogens with zero attached hydrogens (tertiary/aromatic N) is 3. The molecule has 0 amide bonds. The summed E-state index contributed by atoms with van der Waals surface area (Å²) in [6.07, 6.45) is 2.27. The van der Waals surface area contributed by atoms with E-state index in [4.69, 9.17) is 4.74 Å². The molecular formula is C13H15N3O2. The van der Waals surface area contributed by atoms with E-state index in [0.717, 1.165) is 5.75 Å². The zero-order chi connectivity index (χ0) is 13.0. The van der Waals surface area contributed by atoms with Crippen LogP contribution in [-0.2, 0) is 6.54 Å². The second-order valence-electron chi connectivity index (χ2n) is 4.20. The molecule has 0 saturated heterocycles. The van der Waals surface area contributed by atoms with Gasteiger partial charge in [-0.25, -0.2) is 4.68 Å². The summed E-state index contributed by atoms with van der Waals surface area (Å²) in [6, 6.07) is 6.08. The van der Waals surface area contributed by atoms with E-state index in [1.807, 2.05) is 26.0 Å². The first-order valence-electron chi connectivity index (χ1n) is 5.74. The average molecular weight is 245 g/mol. The minimum absolute atomic E-state index is 0.335. The predicted molar refractivity (Wildman–Crippen MR) is 66.8 cm³/mol. The summed E-state index contributed by atoms with van der Waals surface area (Å²) in [5.41, 5.74) is 2.68. The van der Waals surface area contributed by atoms with E-state index in [0.29, 0.717) is 25.1 Å². The van der Waals surface area contributed by atoms with Crippen molar-refractivity contribution < 1.29 is 9.53 Å². The van der Waals surface area contributed by atoms with Crippen LogP contribution < -0.4 is 4.74 Å². The Morgan fingerprint density at radius 2 is 2.00 bits per heavy atom. The van der Waals surface area contributed by atoms with E-state index in [1.54, 1.807) is 10.9 Å². The SMILES string of the molecule is Cc1cc(C)cc(OCCn2cc(C=O)nn2)c1. The van der Waals surface area contributed by atoms with Gasteiger partial charge in [0.2, 0.25) is 0 Å². The van der Waals surface area contributed by atoms with Crippen LogP contribution >= 0.6 is 0 Å². The standard InChI is InChI=1S/C13H15N3O2/c1-10-5-11(2)7-13(6-10)18-4-3-16-8-12(9-17)14-15-16/h5-9H,3-4H2,1-2H3. The monoisotopic (exact) mass is 245 g/mol. The Hall–Kier alpha value is -2.17. The van der Waals surface area contributed by atoms with Crippen LogP contribution in [0.4, 0.5) is 0 Å². The maximum absolute atomic E-state index is 10.4. The van der Waals surface area contributed by atoms with Gasteiger partial charge in [0.1, 0.15) is 18.1 Å². The van der Waals surface area contributed by atoms with Crippen molar-refractivity contribution in [1.29, 1.82) is 0 Å². The predicted octanol–water partition coefficient (Wildman–Crippen LogP) is 1.79. The second-order valence-corrected chi connectivity index (χ2v) is 4.20. The molecule has 1 heterocycles. The Morgan fingerprint density at radius 3 is 2.61 bits per heavy atom. The van der Waals surface area contributed by atoms with Crippen LogP contribution in [0.1, 0.15) is 21.6 Å². The zero-order valence-corrected chi connectivity index (χ0v) is 10.5. The molecule has 1 aromatic carbocycles. The molecule has 2 aromatic rings. The molecule has 0 radical (unpaired) electrons. The first-order chi connectivity index (χ1) is 8.67. The van der Waals surface area contributed by atoms with Gasteiger partial charge in [0.05, 0.1) is 12.7 Å². The van der Waals surface area contributed by atoms with Crippen molar-refractivity contribution in [3.63, 3.8) is 0 Å². The molecular weight excluding hydrogens is 230 g/mol. The lowest BCUT2D eigenvalue weighted by atomic mass is 10.1. The van der Waals surface area contributed by atoms with E-state index < -0.39 is 0 Å². The Balaban J connectivity index is 1.89. The highest BCUT2D eigenvalue weighted by Crippen LogP contribution is 2.16. The third-order valence-corrected chi connectivity index (χ3v) is 2.46. The normalized spacial score (nSPS) is 10.3. The highest BCUT2D eigenvalue weighted by atomic mass is 16.5. The number of aldehydes is 1. The number of aryl methyl sites for hydroxylation is 2. The van der Waals surface area contributed by atoms with Crippen molar-refractivity contribution in [2.24, 2.45) is 0 Å². The summed E-state index contributed by atoms with van der Waals surface area (Å²) < 4.78 is 7.23. The second kappa shape index (κ2) is 5.44. The molecule has 5 nitrogen and oxygen atoms in total. The van der Waals surface area contributed by atoms with Crippen molar-refractivity contribution in [3.8, 4) is 5.75 Å². The lowest BCUT2D eigenvalue weighted by molar-refractivity contribution is 0.111. The Bertz CT molecular complexity index is 529. The molecule has 1 aromatic heterocycles. The van der Waals surface area contributed by atoms with Crippen LogP contribution in [-0.4, -0.2) is 27.9 Å². The number of carbonyl (C=O) groups is 1. The quantitative estimate of drug-likeness (QED) is 0.753. The van der Waals surface area contributed by atoms with Crippen molar-refractivity contribution >= 4 is 6.29 Å². The highest BCUT2D eigenvalue weighted by Gasteiger charge is 2.00. The fourth-order valence-electron chi connectivity index (χ4n) is 1.75. The van der Waals surface area contributed by atoms with Crippen LogP contribution in [0.5, 0.6) is 5.75 Å². The number of hydrogen-bond donors (Lipinski definition) is 0. The van der Waals surface area contributed by atoms with Crippen molar-refractivity contribution in [1.82, 2.24) is 15.0 Å². The van der Waals surface area contributed by atoms with Gasteiger partial charge in [-0.15, -0.1) is 5.10 Å². The third kappa shape index (κ3) is 3.16. The molecule has 0 N–H and O–H groups in total. The zero-order valence-electron chi connectivity index (χ0n) is 10.5. The summed E-state index contributed by atoms with van der Waals surface area (Å²) in [6.45, 7) is 5.12. The maximum atomic E-state index is 10.4. The van der Waals surface area contributed by atoms with Crippen molar-refractivity contribution in [2.45, 2.75) is 20.4 Å². The van der Waals surface area contributed by atoms with Gasteiger partial charge in [-0.2, -0.15) is 0 Å². The molecule has 94 valence electrons. The van der Waals surface area contributed by atoms with Gasteiger partial charge in [0.15, 0.2) is 6.29 Å². The van der Waals surface area contributed by atoms with Crippen LogP contribution in [0.25, 0.3) is 0 Å². The average Bonchev–Trinajstić information content (AvgIpc) is 2.76. The van der Waals surface area contributed by atoms with E-state index >= 15 is 0 Å². The van der Waals surface area contributed by atoms with Crippen molar-refractivity contribution in [2.75, 3.05) is 6.61 Å². The van der Waals surface area contributed by atoms with E-state index in [2.05, 4.69) is 16.4 Å². The van der Waals surface area contributed by atoms with Gasteiger partial charge in [0.25, 0.3) is 0 Å². The lowest BCUT2D eigenvalue weighted by Crippen LogP contribution is -2.08. The molecule has 0 aliphatic heterocycles. The molecule has 0 aliphatic carbocycles. The molecule has 2 rings (SSSR count). The lowest BCUT2D eigenvalue weighted by Gasteiger charge is -2.07. The minimum atomic E-state index is 0.335. The Labute approximate surface area is 105 Å². The van der Waals surface area contributed by atoms with E-state index in [1.165, 1.54) is 11.1 Å². The van der Waals surface area contributed by atoms with Gasteiger partial charge < -0.3 is 4.74 Å². The van der Waals surface area contributed by atoms with Gasteiger partial charge >= 0.3 is 0 Å². The molecule has 18 heavy (non-hydrogen) atoms. The van der Waals surface area contributed by atoms with Crippen LogP contribution in [0, 0.1) is 13.8 Å². The molecule has 0 atom stereocenters. The van der Waals surface area contributed by atoms with Gasteiger partial charge in [-0.3, -0.25) is 4.79 Å². The highest BCUT2D eigenvalue weighted by molar-refractivity contribution is 5.70. The number of rotatable bonds is 5. The number of benzene rings is 1. The largest absolute Gasteiger partial charge is 0.492 e. The maximum Gasteiger partial charge on any atom is 0.171 e. The number of hydrogen-bond acceptors (Lipinski definition) is 4. The van der Waals surface area contributed by atoms with Gasteiger partial charge in [0, 0.05) is 0 Å². The summed E-state index contributed by atoms with van der Waals surface area (Å²) in [7, 11) is 0. The third-order valence-electron chi connectivity index (χ3n) is 2.46. The molecule has 0 aliphatic rings. The molecule has 0 fully saturated rings. The first kappa shape index (κ1) is 12.3. The molecule has 0 saturated carbocycles. The molecule has 0 bridgehead atoms. The Morgan fingerprint density at radius 1 is 1.28 bits per heavy atom. The first-order valence-corrected chi connectivity index (χ1v) is 5.74. The van der Waals surface area contributed by atoms with Gasteiger partial charge in [-0.1, -0.05) is 11.3 Å². The summed E-state index contributed by atoms with van der Waals surface area (Å²) >= 11 is 0. The smallest absolute Gasteiger partial charge is 0.171 e. The van der Waals surface area contributed by atoms with E-state index in [9.17, 15) is 4.79 Å². The summed E-state index contributed by atoms with van der Waals surface area (Å²) in [5.74, 6) is 0.850. The topological polar surface area (TPSA) is 57.0 Å². The minimum Gasteiger partial charge on any atom is -0.492 e.